The standard InChI is InChI=1S/C11H17F3N4O/c1-4-19-10(2,3)6-16-8-5-7(11(12,13)14)17-9(15)18-8/h5H,4,6H2,1-3H3,(H3,15,16,17,18). The Morgan fingerprint density at radius 3 is 2.47 bits per heavy atom. The molecule has 1 aromatic rings. The van der Waals surface area contributed by atoms with E-state index in [0.717, 1.165) is 6.07 Å². The van der Waals surface area contributed by atoms with Gasteiger partial charge in [0.15, 0.2) is 5.69 Å². The maximum Gasteiger partial charge on any atom is 0.433 e. The summed E-state index contributed by atoms with van der Waals surface area (Å²) in [6.07, 6.45) is -4.55. The third-order valence-corrected chi connectivity index (χ3v) is 2.26. The Kier molecular flexibility index (Phi) is 4.56. The summed E-state index contributed by atoms with van der Waals surface area (Å²) >= 11 is 0. The Balaban J connectivity index is 2.82. The molecule has 0 unspecified atom stereocenters. The number of aromatic nitrogens is 2. The van der Waals surface area contributed by atoms with Crippen molar-refractivity contribution in [1.29, 1.82) is 0 Å². The number of nitrogens with zero attached hydrogens (tertiary/aromatic N) is 2. The van der Waals surface area contributed by atoms with Crippen LogP contribution in [0.3, 0.4) is 0 Å². The zero-order valence-electron chi connectivity index (χ0n) is 11.0. The predicted molar refractivity (Wildman–Crippen MR) is 65.6 cm³/mol. The molecular weight excluding hydrogens is 261 g/mol. The molecule has 8 heteroatoms. The average Bonchev–Trinajstić information content (AvgIpc) is 2.24. The van der Waals surface area contributed by atoms with Crippen molar-refractivity contribution in [2.45, 2.75) is 32.5 Å². The van der Waals surface area contributed by atoms with Crippen LogP contribution in [0.5, 0.6) is 0 Å². The van der Waals surface area contributed by atoms with Gasteiger partial charge < -0.3 is 15.8 Å². The van der Waals surface area contributed by atoms with Crippen LogP contribution in [-0.2, 0) is 10.9 Å². The third-order valence-electron chi connectivity index (χ3n) is 2.26. The molecule has 0 radical (unpaired) electrons. The van der Waals surface area contributed by atoms with E-state index in [1.807, 2.05) is 20.8 Å². The highest BCUT2D eigenvalue weighted by atomic mass is 19.4. The molecule has 0 saturated heterocycles. The van der Waals surface area contributed by atoms with Gasteiger partial charge >= 0.3 is 6.18 Å². The lowest BCUT2D eigenvalue weighted by molar-refractivity contribution is -0.141. The normalized spacial score (nSPS) is 12.5. The van der Waals surface area contributed by atoms with Gasteiger partial charge in [-0.25, -0.2) is 4.98 Å². The summed E-state index contributed by atoms with van der Waals surface area (Å²) in [4.78, 5) is 6.87. The van der Waals surface area contributed by atoms with Crippen molar-refractivity contribution in [3.8, 4) is 0 Å². The van der Waals surface area contributed by atoms with Crippen molar-refractivity contribution >= 4 is 11.8 Å². The Morgan fingerprint density at radius 2 is 1.95 bits per heavy atom. The Hall–Kier alpha value is -1.57. The molecule has 0 bridgehead atoms. The van der Waals surface area contributed by atoms with Gasteiger partial charge in [-0.2, -0.15) is 18.2 Å². The van der Waals surface area contributed by atoms with E-state index in [1.54, 1.807) is 0 Å². The van der Waals surface area contributed by atoms with E-state index in [0.29, 0.717) is 13.2 Å². The second kappa shape index (κ2) is 5.60. The number of nitrogens with two attached hydrogens (primary N) is 1. The van der Waals surface area contributed by atoms with Crippen LogP contribution in [0.2, 0.25) is 0 Å². The largest absolute Gasteiger partial charge is 0.433 e. The second-order valence-electron chi connectivity index (χ2n) is 4.54. The molecule has 0 fully saturated rings. The number of hydrogen-bond donors (Lipinski definition) is 2. The molecule has 0 aliphatic carbocycles. The van der Waals surface area contributed by atoms with Gasteiger partial charge in [-0.05, 0) is 20.8 Å². The highest BCUT2D eigenvalue weighted by molar-refractivity contribution is 5.41. The second-order valence-corrected chi connectivity index (χ2v) is 4.54. The lowest BCUT2D eigenvalue weighted by Crippen LogP contribution is -2.33. The van der Waals surface area contributed by atoms with Crippen LogP contribution in [0.4, 0.5) is 24.9 Å². The molecule has 3 N–H and O–H groups in total. The summed E-state index contributed by atoms with van der Waals surface area (Å²) < 4.78 is 43.1. The number of alkyl halides is 3. The van der Waals surface area contributed by atoms with Crippen LogP contribution in [0.1, 0.15) is 26.5 Å². The zero-order chi connectivity index (χ0) is 14.7. The molecule has 0 aliphatic rings. The van der Waals surface area contributed by atoms with Gasteiger partial charge in [0, 0.05) is 19.2 Å². The molecule has 0 amide bonds. The molecule has 1 heterocycles. The number of nitrogens with one attached hydrogen (secondary N) is 1. The monoisotopic (exact) mass is 278 g/mol. The molecule has 0 saturated carbocycles. The van der Waals surface area contributed by atoms with Crippen LogP contribution in [0.15, 0.2) is 6.07 Å². The molecular formula is C11H17F3N4O. The maximum absolute atomic E-state index is 12.5. The quantitative estimate of drug-likeness (QED) is 0.864. The average molecular weight is 278 g/mol. The van der Waals surface area contributed by atoms with Crippen molar-refractivity contribution in [2.24, 2.45) is 0 Å². The van der Waals surface area contributed by atoms with Crippen LogP contribution in [-0.4, -0.2) is 28.7 Å². The topological polar surface area (TPSA) is 73.1 Å². The van der Waals surface area contributed by atoms with Crippen molar-refractivity contribution in [3.05, 3.63) is 11.8 Å². The van der Waals surface area contributed by atoms with Gasteiger partial charge in [0.2, 0.25) is 5.95 Å². The summed E-state index contributed by atoms with van der Waals surface area (Å²) in [6, 6.07) is 0.818. The van der Waals surface area contributed by atoms with Crippen molar-refractivity contribution in [3.63, 3.8) is 0 Å². The van der Waals surface area contributed by atoms with Gasteiger partial charge in [0.25, 0.3) is 0 Å². The molecule has 0 spiro atoms. The van der Waals surface area contributed by atoms with E-state index < -0.39 is 23.4 Å². The first-order valence-electron chi connectivity index (χ1n) is 5.73. The summed E-state index contributed by atoms with van der Waals surface area (Å²) in [6.45, 7) is 6.28. The van der Waals surface area contributed by atoms with E-state index >= 15 is 0 Å². The summed E-state index contributed by atoms with van der Waals surface area (Å²) in [5.74, 6) is -0.404. The fourth-order valence-corrected chi connectivity index (χ4v) is 1.45. The van der Waals surface area contributed by atoms with Crippen LogP contribution < -0.4 is 11.1 Å². The van der Waals surface area contributed by atoms with E-state index in [9.17, 15) is 13.2 Å². The summed E-state index contributed by atoms with van der Waals surface area (Å²) in [7, 11) is 0. The van der Waals surface area contributed by atoms with Crippen LogP contribution in [0, 0.1) is 0 Å². The lowest BCUT2D eigenvalue weighted by atomic mass is 10.1. The van der Waals surface area contributed by atoms with Crippen LogP contribution >= 0.6 is 0 Å². The van der Waals surface area contributed by atoms with Gasteiger partial charge in [-0.3, -0.25) is 0 Å². The summed E-state index contributed by atoms with van der Waals surface area (Å²) in [5.41, 5.74) is 3.67. The van der Waals surface area contributed by atoms with Gasteiger partial charge in [0.1, 0.15) is 5.82 Å². The molecule has 0 atom stereocenters. The first kappa shape index (κ1) is 15.5. The Labute approximate surface area is 109 Å². The number of ether oxygens (including phenoxy) is 1. The van der Waals surface area contributed by atoms with Crippen molar-refractivity contribution in [2.75, 3.05) is 24.2 Å². The molecule has 1 aromatic heterocycles. The number of anilines is 2. The minimum atomic E-state index is -4.55. The predicted octanol–water partition coefficient (Wildman–Crippen LogP) is 2.30. The highest BCUT2D eigenvalue weighted by Gasteiger charge is 2.33. The molecule has 0 aliphatic heterocycles. The van der Waals surface area contributed by atoms with Gasteiger partial charge in [-0.1, -0.05) is 0 Å². The number of hydrogen-bond acceptors (Lipinski definition) is 5. The molecule has 1 rings (SSSR count). The first-order chi connectivity index (χ1) is 8.64. The fourth-order valence-electron chi connectivity index (χ4n) is 1.45. The Morgan fingerprint density at radius 1 is 1.32 bits per heavy atom. The molecule has 19 heavy (non-hydrogen) atoms. The Bertz CT molecular complexity index is 434. The van der Waals surface area contributed by atoms with Crippen LogP contribution in [0.25, 0.3) is 0 Å². The SMILES string of the molecule is CCOC(C)(C)CNc1cc(C(F)(F)F)nc(N)n1. The molecule has 5 nitrogen and oxygen atoms in total. The summed E-state index contributed by atoms with van der Waals surface area (Å²) in [5, 5.41) is 2.77. The van der Waals surface area contributed by atoms with Crippen molar-refractivity contribution in [1.82, 2.24) is 9.97 Å². The van der Waals surface area contributed by atoms with Gasteiger partial charge in [-0.15, -0.1) is 0 Å². The van der Waals surface area contributed by atoms with E-state index in [2.05, 4.69) is 15.3 Å². The highest BCUT2D eigenvalue weighted by Crippen LogP contribution is 2.29. The first-order valence-corrected chi connectivity index (χ1v) is 5.73. The van der Waals surface area contributed by atoms with E-state index in [4.69, 9.17) is 10.5 Å². The molecule has 108 valence electrons. The maximum atomic E-state index is 12.5. The lowest BCUT2D eigenvalue weighted by Gasteiger charge is -2.25. The number of rotatable bonds is 5. The molecule has 0 aromatic carbocycles. The fraction of sp³-hybridized carbons (Fsp3) is 0.636. The minimum Gasteiger partial charge on any atom is -0.374 e. The number of nitrogen functional groups attached to an aromatic ring is 1. The number of halogens is 3. The smallest absolute Gasteiger partial charge is 0.374 e. The zero-order valence-corrected chi connectivity index (χ0v) is 11.0. The third kappa shape index (κ3) is 4.90. The van der Waals surface area contributed by atoms with Gasteiger partial charge in [0.05, 0.1) is 5.60 Å². The minimum absolute atomic E-state index is 0.0209. The van der Waals surface area contributed by atoms with E-state index in [-0.39, 0.29) is 5.82 Å². The van der Waals surface area contributed by atoms with Crippen molar-refractivity contribution < 1.29 is 17.9 Å². The van der Waals surface area contributed by atoms with E-state index in [1.165, 1.54) is 0 Å².